The number of carboxylic acid groups (broad SMARTS) is 1. The molecule has 2 atom stereocenters. The number of carboxylic acids is 1. The first kappa shape index (κ1) is 8.97. The molecule has 1 saturated heterocycles. The zero-order valence-electron chi connectivity index (χ0n) is 8.10. The summed E-state index contributed by atoms with van der Waals surface area (Å²) < 4.78 is 0. The summed E-state index contributed by atoms with van der Waals surface area (Å²) in [5.41, 5.74) is 0. The number of rotatable bonds is 3. The molecular weight excluding hydrogens is 168 g/mol. The zero-order chi connectivity index (χ0) is 9.59. The van der Waals surface area contributed by atoms with Crippen molar-refractivity contribution >= 4 is 5.97 Å². The lowest BCUT2D eigenvalue weighted by atomic mass is 10.3. The number of carbonyl (C=O) groups is 1. The second-order valence-electron chi connectivity index (χ2n) is 4.37. The van der Waals surface area contributed by atoms with Gasteiger partial charge in [-0.25, -0.2) is 0 Å². The summed E-state index contributed by atoms with van der Waals surface area (Å²) in [6.07, 6.45) is 0. The van der Waals surface area contributed by atoms with Gasteiger partial charge in [-0.1, -0.05) is 0 Å². The molecule has 74 valence electrons. The average Bonchev–Trinajstić information content (AvgIpc) is 2.49. The molecule has 1 N–H and O–H groups in total. The van der Waals surface area contributed by atoms with Gasteiger partial charge >= 0.3 is 5.97 Å². The van der Waals surface area contributed by atoms with Gasteiger partial charge in [-0.15, -0.1) is 0 Å². The van der Waals surface area contributed by atoms with Gasteiger partial charge in [-0.2, -0.15) is 0 Å². The minimum atomic E-state index is -0.706. The van der Waals surface area contributed by atoms with Crippen molar-refractivity contribution in [1.82, 2.24) is 9.80 Å². The van der Waals surface area contributed by atoms with E-state index in [1.165, 1.54) is 0 Å². The molecule has 0 aromatic rings. The first-order chi connectivity index (χ1) is 6.09. The Labute approximate surface area is 78.1 Å². The molecule has 1 aliphatic heterocycles. The van der Waals surface area contributed by atoms with Gasteiger partial charge in [0.2, 0.25) is 0 Å². The van der Waals surface area contributed by atoms with Crippen molar-refractivity contribution in [3.63, 3.8) is 0 Å². The second kappa shape index (κ2) is 2.96. The SMILES string of the molecule is CN(C)C1C2CN(CC(=O)O)CC21. The monoisotopic (exact) mass is 184 g/mol. The minimum Gasteiger partial charge on any atom is -0.480 e. The van der Waals surface area contributed by atoms with E-state index in [1.54, 1.807) is 0 Å². The lowest BCUT2D eigenvalue weighted by Gasteiger charge is -2.19. The molecule has 4 heteroatoms. The summed E-state index contributed by atoms with van der Waals surface area (Å²) in [5, 5.41) is 8.60. The van der Waals surface area contributed by atoms with E-state index in [0.29, 0.717) is 6.04 Å². The van der Waals surface area contributed by atoms with Crippen LogP contribution in [0.5, 0.6) is 0 Å². The van der Waals surface area contributed by atoms with Crippen LogP contribution in [0.2, 0.25) is 0 Å². The van der Waals surface area contributed by atoms with E-state index in [4.69, 9.17) is 5.11 Å². The van der Waals surface area contributed by atoms with Crippen LogP contribution < -0.4 is 0 Å². The molecule has 0 aromatic heterocycles. The van der Waals surface area contributed by atoms with E-state index in [9.17, 15) is 4.79 Å². The Hall–Kier alpha value is -0.610. The Morgan fingerprint density at radius 1 is 1.46 bits per heavy atom. The fourth-order valence-corrected chi connectivity index (χ4v) is 2.67. The normalized spacial score (nSPS) is 37.9. The van der Waals surface area contributed by atoms with E-state index >= 15 is 0 Å². The number of hydrogen-bond acceptors (Lipinski definition) is 3. The maximum absolute atomic E-state index is 10.4. The predicted octanol–water partition coefficient (Wildman–Crippen LogP) is -0.437. The van der Waals surface area contributed by atoms with Gasteiger partial charge in [0.1, 0.15) is 0 Å². The molecule has 0 aromatic carbocycles. The maximum atomic E-state index is 10.4. The number of hydrogen-bond donors (Lipinski definition) is 1. The Kier molecular flexibility index (Phi) is 2.04. The molecule has 2 fully saturated rings. The Morgan fingerprint density at radius 2 is 2.00 bits per heavy atom. The molecule has 1 saturated carbocycles. The number of likely N-dealkylation sites (tertiary alicyclic amines) is 1. The summed E-state index contributed by atoms with van der Waals surface area (Å²) in [7, 11) is 4.20. The molecular formula is C9H16N2O2. The van der Waals surface area contributed by atoms with Gasteiger partial charge < -0.3 is 10.0 Å². The zero-order valence-corrected chi connectivity index (χ0v) is 8.10. The van der Waals surface area contributed by atoms with Crippen molar-refractivity contribution < 1.29 is 9.90 Å². The molecule has 2 rings (SSSR count). The summed E-state index contributed by atoms with van der Waals surface area (Å²) >= 11 is 0. The summed E-state index contributed by atoms with van der Waals surface area (Å²) in [5.74, 6) is 0.756. The molecule has 0 bridgehead atoms. The topological polar surface area (TPSA) is 43.8 Å². The van der Waals surface area contributed by atoms with Crippen molar-refractivity contribution in [2.24, 2.45) is 11.8 Å². The van der Waals surface area contributed by atoms with Gasteiger partial charge in [0.15, 0.2) is 0 Å². The standard InChI is InChI=1S/C9H16N2O2/c1-10(2)9-6-3-11(4-7(6)9)5-8(12)13/h6-7,9H,3-5H2,1-2H3,(H,12,13). The van der Waals surface area contributed by atoms with E-state index in [-0.39, 0.29) is 6.54 Å². The summed E-state index contributed by atoms with van der Waals surface area (Å²) in [6, 6.07) is 0.713. The first-order valence-corrected chi connectivity index (χ1v) is 4.70. The smallest absolute Gasteiger partial charge is 0.317 e. The van der Waals surface area contributed by atoms with Crippen molar-refractivity contribution in [3.8, 4) is 0 Å². The third kappa shape index (κ3) is 1.56. The molecule has 2 unspecified atom stereocenters. The van der Waals surface area contributed by atoms with E-state index < -0.39 is 5.97 Å². The second-order valence-corrected chi connectivity index (χ2v) is 4.37. The lowest BCUT2D eigenvalue weighted by Crippen LogP contribution is -2.34. The molecule has 1 aliphatic carbocycles. The van der Waals surface area contributed by atoms with Crippen LogP contribution in [0.15, 0.2) is 0 Å². The van der Waals surface area contributed by atoms with Gasteiger partial charge in [-0.3, -0.25) is 9.69 Å². The van der Waals surface area contributed by atoms with Crippen LogP contribution in [-0.4, -0.2) is 60.6 Å². The summed E-state index contributed by atoms with van der Waals surface area (Å²) in [6.45, 7) is 2.16. The van der Waals surface area contributed by atoms with Crippen LogP contribution in [0, 0.1) is 11.8 Å². The third-order valence-electron chi connectivity index (χ3n) is 3.18. The maximum Gasteiger partial charge on any atom is 0.317 e. The minimum absolute atomic E-state index is 0.215. The van der Waals surface area contributed by atoms with Crippen LogP contribution >= 0.6 is 0 Å². The van der Waals surface area contributed by atoms with E-state index in [1.807, 2.05) is 4.90 Å². The average molecular weight is 184 g/mol. The van der Waals surface area contributed by atoms with E-state index in [0.717, 1.165) is 24.9 Å². The number of fused-ring (bicyclic) bond motifs is 1. The molecule has 0 radical (unpaired) electrons. The molecule has 0 spiro atoms. The fraction of sp³-hybridized carbons (Fsp3) is 0.889. The van der Waals surface area contributed by atoms with Crippen LogP contribution in [0.1, 0.15) is 0 Å². The Morgan fingerprint density at radius 3 is 2.38 bits per heavy atom. The Balaban J connectivity index is 1.80. The van der Waals surface area contributed by atoms with Crippen molar-refractivity contribution in [1.29, 1.82) is 0 Å². The highest BCUT2D eigenvalue weighted by molar-refractivity contribution is 5.69. The van der Waals surface area contributed by atoms with Crippen molar-refractivity contribution in [2.75, 3.05) is 33.7 Å². The lowest BCUT2D eigenvalue weighted by molar-refractivity contribution is -0.138. The van der Waals surface area contributed by atoms with Gasteiger partial charge in [0, 0.05) is 19.1 Å². The fourth-order valence-electron chi connectivity index (χ4n) is 2.67. The largest absolute Gasteiger partial charge is 0.480 e. The predicted molar refractivity (Wildman–Crippen MR) is 48.5 cm³/mol. The van der Waals surface area contributed by atoms with Crippen molar-refractivity contribution in [2.45, 2.75) is 6.04 Å². The van der Waals surface area contributed by atoms with Crippen LogP contribution in [0.4, 0.5) is 0 Å². The Bertz CT molecular complexity index is 218. The molecule has 4 nitrogen and oxygen atoms in total. The highest BCUT2D eigenvalue weighted by Crippen LogP contribution is 2.47. The van der Waals surface area contributed by atoms with Gasteiger partial charge in [-0.05, 0) is 25.9 Å². The molecule has 0 amide bonds. The number of piperidine rings is 1. The van der Waals surface area contributed by atoms with Gasteiger partial charge in [0.25, 0.3) is 0 Å². The van der Waals surface area contributed by atoms with Gasteiger partial charge in [0.05, 0.1) is 6.54 Å². The van der Waals surface area contributed by atoms with Crippen LogP contribution in [0.25, 0.3) is 0 Å². The molecule has 13 heavy (non-hydrogen) atoms. The molecule has 2 aliphatic rings. The number of nitrogens with zero attached hydrogens (tertiary/aromatic N) is 2. The number of aliphatic carboxylic acids is 1. The molecule has 1 heterocycles. The highest BCUT2D eigenvalue weighted by Gasteiger charge is 2.56. The third-order valence-corrected chi connectivity index (χ3v) is 3.18. The van der Waals surface area contributed by atoms with Crippen molar-refractivity contribution in [3.05, 3.63) is 0 Å². The summed E-state index contributed by atoms with van der Waals surface area (Å²) in [4.78, 5) is 14.7. The first-order valence-electron chi connectivity index (χ1n) is 4.70. The van der Waals surface area contributed by atoms with Crippen LogP contribution in [-0.2, 0) is 4.79 Å². The van der Waals surface area contributed by atoms with Crippen LogP contribution in [0.3, 0.4) is 0 Å². The highest BCUT2D eigenvalue weighted by atomic mass is 16.4. The quantitative estimate of drug-likeness (QED) is 0.646. The van der Waals surface area contributed by atoms with E-state index in [2.05, 4.69) is 19.0 Å².